The van der Waals surface area contributed by atoms with Crippen molar-refractivity contribution in [2.75, 3.05) is 0 Å². The third-order valence-electron chi connectivity index (χ3n) is 5.24. The number of rotatable bonds is 6. The van der Waals surface area contributed by atoms with Crippen LogP contribution in [0.3, 0.4) is 0 Å². The molecule has 0 aliphatic carbocycles. The fourth-order valence-electron chi connectivity index (χ4n) is 3.65. The van der Waals surface area contributed by atoms with Crippen molar-refractivity contribution >= 4 is 22.1 Å². The van der Waals surface area contributed by atoms with Crippen molar-refractivity contribution in [2.24, 2.45) is 0 Å². The summed E-state index contributed by atoms with van der Waals surface area (Å²) in [6.45, 7) is 1.51. The lowest BCUT2D eigenvalue weighted by Gasteiger charge is -2.04. The van der Waals surface area contributed by atoms with Crippen molar-refractivity contribution in [3.63, 3.8) is 0 Å². The summed E-state index contributed by atoms with van der Waals surface area (Å²) in [4.78, 5) is 13.6. The number of fused-ring (bicyclic) bond motifs is 2. The van der Waals surface area contributed by atoms with Gasteiger partial charge in [-0.1, -0.05) is 17.3 Å². The molecule has 5 aromatic heterocycles. The van der Waals surface area contributed by atoms with Crippen LogP contribution in [0.4, 0.5) is 0 Å². The molecule has 0 atom stereocenters. The summed E-state index contributed by atoms with van der Waals surface area (Å²) < 4.78 is 5.51. The molecule has 0 N–H and O–H groups in total. The van der Waals surface area contributed by atoms with Crippen molar-refractivity contribution in [1.29, 1.82) is 0 Å². The summed E-state index contributed by atoms with van der Waals surface area (Å²) in [5.41, 5.74) is 4.10. The van der Waals surface area contributed by atoms with Gasteiger partial charge in [-0.05, 0) is 29.8 Å². The topological polar surface area (TPSA) is 105 Å². The van der Waals surface area contributed by atoms with Gasteiger partial charge in [-0.15, -0.1) is 5.10 Å². The second kappa shape index (κ2) is 7.65. The zero-order chi connectivity index (χ0) is 21.3. The van der Waals surface area contributed by atoms with Crippen LogP contribution in [0.2, 0.25) is 0 Å². The van der Waals surface area contributed by atoms with E-state index in [1.54, 1.807) is 23.3 Å². The van der Waals surface area contributed by atoms with Gasteiger partial charge >= 0.3 is 0 Å². The molecular weight excluding hydrogens is 404 g/mol. The minimum absolute atomic E-state index is 0.572. The van der Waals surface area contributed by atoms with Crippen molar-refractivity contribution in [3.8, 4) is 5.69 Å². The summed E-state index contributed by atoms with van der Waals surface area (Å²) in [5.74, 6) is 0.687. The maximum atomic E-state index is 4.74. The molecule has 5 heterocycles. The Balaban J connectivity index is 1.26. The van der Waals surface area contributed by atoms with Crippen molar-refractivity contribution in [3.05, 3.63) is 85.0 Å². The lowest BCUT2D eigenvalue weighted by Crippen LogP contribution is -2.07. The molecule has 0 saturated carbocycles. The Hall–Kier alpha value is -4.47. The third-order valence-corrected chi connectivity index (χ3v) is 5.24. The molecule has 32 heavy (non-hydrogen) atoms. The fourth-order valence-corrected chi connectivity index (χ4v) is 3.65. The molecule has 0 aliphatic rings. The third kappa shape index (κ3) is 3.47. The molecule has 0 saturated heterocycles. The Labute approximate surface area is 182 Å². The predicted octanol–water partition coefficient (Wildman–Crippen LogP) is 2.44. The Morgan fingerprint density at radius 3 is 2.75 bits per heavy atom. The van der Waals surface area contributed by atoms with Crippen LogP contribution in [0, 0.1) is 0 Å². The quantitative estimate of drug-likeness (QED) is 0.406. The van der Waals surface area contributed by atoms with Crippen molar-refractivity contribution in [2.45, 2.75) is 19.5 Å². The van der Waals surface area contributed by atoms with Gasteiger partial charge < -0.3 is 0 Å². The summed E-state index contributed by atoms with van der Waals surface area (Å²) in [6.07, 6.45) is 11.6. The predicted molar refractivity (Wildman–Crippen MR) is 117 cm³/mol. The minimum Gasteiger partial charge on any atom is -0.271 e. The standard InChI is InChI=1S/C22H18N10/c1-3-17-4-5-18(12-19(17)23-6-1)32-22-20(28-29-32)14-24-21(27-22)11-16-13-26-31(15-16)10-9-30-8-2-7-25-30/h1-8,12-15H,9-11H2. The highest BCUT2D eigenvalue weighted by molar-refractivity contribution is 5.81. The van der Waals surface area contributed by atoms with Gasteiger partial charge in [0.1, 0.15) is 5.82 Å². The molecule has 0 fully saturated rings. The van der Waals surface area contributed by atoms with Gasteiger partial charge in [0.05, 0.1) is 36.7 Å². The number of hydrogen-bond acceptors (Lipinski definition) is 7. The smallest absolute Gasteiger partial charge is 0.187 e. The van der Waals surface area contributed by atoms with Crippen LogP contribution < -0.4 is 0 Å². The summed E-state index contributed by atoms with van der Waals surface area (Å²) in [7, 11) is 0. The van der Waals surface area contributed by atoms with Crippen LogP contribution in [0.5, 0.6) is 0 Å². The molecule has 6 aromatic rings. The van der Waals surface area contributed by atoms with Crippen LogP contribution in [0.1, 0.15) is 11.4 Å². The number of hydrogen-bond donors (Lipinski definition) is 0. The number of aromatic nitrogens is 10. The molecule has 0 amide bonds. The van der Waals surface area contributed by atoms with Crippen LogP contribution in [0.25, 0.3) is 27.8 Å². The summed E-state index contributed by atoms with van der Waals surface area (Å²) in [5, 5.41) is 18.2. The highest BCUT2D eigenvalue weighted by Crippen LogP contribution is 2.19. The Morgan fingerprint density at radius 2 is 1.81 bits per heavy atom. The molecule has 0 aliphatic heterocycles. The van der Waals surface area contributed by atoms with Crippen LogP contribution in [-0.4, -0.2) is 49.5 Å². The van der Waals surface area contributed by atoms with Gasteiger partial charge in [0.2, 0.25) is 0 Å². The average molecular weight is 422 g/mol. The zero-order valence-corrected chi connectivity index (χ0v) is 17.0. The summed E-state index contributed by atoms with van der Waals surface area (Å²) in [6, 6.07) is 11.9. The first-order chi connectivity index (χ1) is 15.8. The van der Waals surface area contributed by atoms with Crippen molar-refractivity contribution < 1.29 is 0 Å². The minimum atomic E-state index is 0.572. The SMILES string of the molecule is c1cnc2cc(-n3nnc4cnc(Cc5cnn(CCn6cccn6)c5)nc43)ccc2c1. The van der Waals surface area contributed by atoms with Crippen LogP contribution in [-0.2, 0) is 19.5 Å². The van der Waals surface area contributed by atoms with Gasteiger partial charge in [-0.25, -0.2) is 9.97 Å². The van der Waals surface area contributed by atoms with E-state index in [0.717, 1.165) is 35.2 Å². The number of pyridine rings is 1. The molecule has 156 valence electrons. The Kier molecular flexibility index (Phi) is 4.38. The Bertz CT molecular complexity index is 1510. The van der Waals surface area contributed by atoms with E-state index < -0.39 is 0 Å². The maximum absolute atomic E-state index is 4.74. The first kappa shape index (κ1) is 18.3. The van der Waals surface area contributed by atoms with Gasteiger partial charge in [0.25, 0.3) is 0 Å². The maximum Gasteiger partial charge on any atom is 0.187 e. The number of benzene rings is 1. The van der Waals surface area contributed by atoms with E-state index in [2.05, 4.69) is 30.5 Å². The molecule has 0 radical (unpaired) electrons. The van der Waals surface area contributed by atoms with Crippen molar-refractivity contribution in [1.82, 2.24) is 49.5 Å². The molecule has 0 bridgehead atoms. The van der Waals surface area contributed by atoms with E-state index in [-0.39, 0.29) is 0 Å². The second-order valence-corrected chi connectivity index (χ2v) is 7.43. The average Bonchev–Trinajstić information content (AvgIpc) is 3.58. The molecule has 0 unspecified atom stereocenters. The van der Waals surface area contributed by atoms with E-state index in [1.165, 1.54) is 0 Å². The molecule has 10 heteroatoms. The van der Waals surface area contributed by atoms with Gasteiger partial charge in [0.15, 0.2) is 11.2 Å². The number of nitrogens with zero attached hydrogens (tertiary/aromatic N) is 10. The van der Waals surface area contributed by atoms with E-state index in [0.29, 0.717) is 23.4 Å². The Morgan fingerprint density at radius 1 is 0.844 bits per heavy atom. The number of aryl methyl sites for hydroxylation is 2. The molecule has 1 aromatic carbocycles. The van der Waals surface area contributed by atoms with E-state index in [9.17, 15) is 0 Å². The second-order valence-electron chi connectivity index (χ2n) is 7.43. The van der Waals surface area contributed by atoms with Gasteiger partial charge in [-0.3, -0.25) is 14.3 Å². The van der Waals surface area contributed by atoms with E-state index >= 15 is 0 Å². The lowest BCUT2D eigenvalue weighted by atomic mass is 10.2. The van der Waals surface area contributed by atoms with Gasteiger partial charge in [-0.2, -0.15) is 14.9 Å². The zero-order valence-electron chi connectivity index (χ0n) is 17.0. The van der Waals surface area contributed by atoms with E-state index in [4.69, 9.17) is 4.98 Å². The highest BCUT2D eigenvalue weighted by Gasteiger charge is 2.12. The first-order valence-electron chi connectivity index (χ1n) is 10.2. The van der Waals surface area contributed by atoms with Gasteiger partial charge in [0, 0.05) is 36.6 Å². The molecule has 0 spiro atoms. The normalized spacial score (nSPS) is 11.5. The van der Waals surface area contributed by atoms with Crippen LogP contribution >= 0.6 is 0 Å². The first-order valence-corrected chi connectivity index (χ1v) is 10.2. The largest absolute Gasteiger partial charge is 0.271 e. The van der Waals surface area contributed by atoms with Crippen LogP contribution in [0.15, 0.2) is 73.6 Å². The molecule has 10 nitrogen and oxygen atoms in total. The lowest BCUT2D eigenvalue weighted by molar-refractivity contribution is 0.500. The monoisotopic (exact) mass is 422 g/mol. The van der Waals surface area contributed by atoms with E-state index in [1.807, 2.05) is 64.4 Å². The fraction of sp³-hybridized carbons (Fsp3) is 0.136. The molecule has 6 rings (SSSR count). The highest BCUT2D eigenvalue weighted by atomic mass is 15.4. The summed E-state index contributed by atoms with van der Waals surface area (Å²) >= 11 is 0. The molecular formula is C22H18N10.